The van der Waals surface area contributed by atoms with Crippen molar-refractivity contribution >= 4 is 22.1 Å². The summed E-state index contributed by atoms with van der Waals surface area (Å²) in [5.74, 6) is 0.843. The van der Waals surface area contributed by atoms with Gasteiger partial charge in [-0.05, 0) is 39.9 Å². The van der Waals surface area contributed by atoms with Gasteiger partial charge in [-0.3, -0.25) is 0 Å². The van der Waals surface area contributed by atoms with Crippen LogP contribution in [0, 0.1) is 0 Å². The predicted octanol–water partition coefficient (Wildman–Crippen LogP) is 4.19. The van der Waals surface area contributed by atoms with E-state index in [9.17, 15) is 5.11 Å². The van der Waals surface area contributed by atoms with Crippen LogP contribution in [0.2, 0.25) is 0 Å². The van der Waals surface area contributed by atoms with E-state index in [0.717, 1.165) is 21.6 Å². The summed E-state index contributed by atoms with van der Waals surface area (Å²) in [4.78, 5) is 1.00. The first-order valence-electron chi connectivity index (χ1n) is 6.55. The lowest BCUT2D eigenvalue weighted by atomic mass is 9.99. The number of rotatable bonds is 4. The molecule has 1 unspecified atom stereocenters. The Balaban J connectivity index is 1.98. The fourth-order valence-corrected chi connectivity index (χ4v) is 3.12. The van der Waals surface area contributed by atoms with Gasteiger partial charge in [0.05, 0.1) is 13.2 Å². The Labute approximate surface area is 122 Å². The van der Waals surface area contributed by atoms with Crippen LogP contribution < -0.4 is 4.74 Å². The number of ether oxygens (including phenoxy) is 1. The van der Waals surface area contributed by atoms with E-state index in [-0.39, 0.29) is 0 Å². The fraction of sp³-hybridized carbons (Fsp3) is 0.176. The minimum Gasteiger partial charge on any atom is -0.497 e. The molecule has 1 N–H and O–H groups in total. The maximum atomic E-state index is 10.3. The number of thiophene rings is 1. The highest BCUT2D eigenvalue weighted by atomic mass is 32.1. The third-order valence-corrected chi connectivity index (χ3v) is 4.44. The van der Waals surface area contributed by atoms with Gasteiger partial charge >= 0.3 is 0 Å². The van der Waals surface area contributed by atoms with Gasteiger partial charge in [-0.1, -0.05) is 30.3 Å². The molecule has 3 rings (SSSR count). The van der Waals surface area contributed by atoms with Gasteiger partial charge in [-0.2, -0.15) is 0 Å². The Morgan fingerprint density at radius 3 is 2.80 bits per heavy atom. The van der Waals surface area contributed by atoms with Crippen molar-refractivity contribution in [3.8, 4) is 5.75 Å². The van der Waals surface area contributed by atoms with E-state index < -0.39 is 6.10 Å². The quantitative estimate of drug-likeness (QED) is 0.778. The largest absolute Gasteiger partial charge is 0.497 e. The highest BCUT2D eigenvalue weighted by molar-refractivity contribution is 7.10. The van der Waals surface area contributed by atoms with Crippen LogP contribution in [0.25, 0.3) is 10.8 Å². The fourth-order valence-electron chi connectivity index (χ4n) is 2.41. The average Bonchev–Trinajstić information content (AvgIpc) is 3.01. The number of hydrogen-bond donors (Lipinski definition) is 1. The zero-order valence-corrected chi connectivity index (χ0v) is 12.1. The normalized spacial score (nSPS) is 12.5. The van der Waals surface area contributed by atoms with Crippen molar-refractivity contribution in [1.82, 2.24) is 0 Å². The molecule has 0 spiro atoms. The van der Waals surface area contributed by atoms with E-state index in [4.69, 9.17) is 4.74 Å². The molecule has 102 valence electrons. The van der Waals surface area contributed by atoms with E-state index in [1.54, 1.807) is 18.4 Å². The van der Waals surface area contributed by atoms with Gasteiger partial charge in [0.1, 0.15) is 5.75 Å². The molecule has 0 radical (unpaired) electrons. The van der Waals surface area contributed by atoms with Gasteiger partial charge in [-0.15, -0.1) is 11.3 Å². The van der Waals surface area contributed by atoms with Gasteiger partial charge in [-0.25, -0.2) is 0 Å². The smallest absolute Gasteiger partial charge is 0.119 e. The van der Waals surface area contributed by atoms with Gasteiger partial charge in [0.2, 0.25) is 0 Å². The van der Waals surface area contributed by atoms with Crippen molar-refractivity contribution in [3.63, 3.8) is 0 Å². The molecule has 1 atom stereocenters. The van der Waals surface area contributed by atoms with Crippen LogP contribution in [-0.2, 0) is 6.42 Å². The molecule has 0 saturated heterocycles. The molecular weight excluding hydrogens is 268 g/mol. The molecule has 0 amide bonds. The van der Waals surface area contributed by atoms with Gasteiger partial charge in [0.25, 0.3) is 0 Å². The third-order valence-electron chi connectivity index (χ3n) is 3.46. The number of aliphatic hydroxyl groups excluding tert-OH is 1. The molecular formula is C17H16O2S. The third kappa shape index (κ3) is 2.55. The lowest BCUT2D eigenvalue weighted by molar-refractivity contribution is 0.182. The second-order valence-corrected chi connectivity index (χ2v) is 5.72. The van der Waals surface area contributed by atoms with Crippen LogP contribution in [0.1, 0.15) is 16.5 Å². The number of fused-ring (bicyclic) bond motifs is 1. The average molecular weight is 284 g/mol. The summed E-state index contributed by atoms with van der Waals surface area (Å²) in [6.45, 7) is 0. The highest BCUT2D eigenvalue weighted by Gasteiger charge is 2.11. The summed E-state index contributed by atoms with van der Waals surface area (Å²) in [5, 5.41) is 14.6. The topological polar surface area (TPSA) is 29.5 Å². The predicted molar refractivity (Wildman–Crippen MR) is 83.5 cm³/mol. The zero-order valence-electron chi connectivity index (χ0n) is 11.2. The van der Waals surface area contributed by atoms with E-state index in [1.165, 1.54) is 5.39 Å². The molecule has 0 aliphatic rings. The summed E-state index contributed by atoms with van der Waals surface area (Å²) in [6.07, 6.45) is 0.164. The lowest BCUT2D eigenvalue weighted by Crippen LogP contribution is -2.00. The molecule has 0 bridgehead atoms. The summed E-state index contributed by atoms with van der Waals surface area (Å²) in [5.41, 5.74) is 1.14. The maximum absolute atomic E-state index is 10.3. The maximum Gasteiger partial charge on any atom is 0.119 e. The van der Waals surface area contributed by atoms with Crippen LogP contribution in [-0.4, -0.2) is 12.2 Å². The molecule has 3 aromatic rings. The van der Waals surface area contributed by atoms with Crippen LogP contribution in [0.15, 0.2) is 53.9 Å². The van der Waals surface area contributed by atoms with Crippen molar-refractivity contribution in [2.75, 3.05) is 7.11 Å². The molecule has 0 aliphatic heterocycles. The molecule has 1 aromatic heterocycles. The zero-order chi connectivity index (χ0) is 13.9. The Morgan fingerprint density at radius 1 is 1.15 bits per heavy atom. The number of hydrogen-bond acceptors (Lipinski definition) is 3. The highest BCUT2D eigenvalue weighted by Crippen LogP contribution is 2.29. The van der Waals surface area contributed by atoms with E-state index >= 15 is 0 Å². The minimum absolute atomic E-state index is 0.452. The Bertz CT molecular complexity index is 704. The molecule has 0 fully saturated rings. The summed E-state index contributed by atoms with van der Waals surface area (Å²) < 4.78 is 5.29. The Hall–Kier alpha value is -1.84. The minimum atomic E-state index is -0.452. The molecule has 2 nitrogen and oxygen atoms in total. The van der Waals surface area contributed by atoms with Crippen LogP contribution >= 0.6 is 11.3 Å². The molecule has 0 aliphatic carbocycles. The first-order valence-corrected chi connectivity index (χ1v) is 7.43. The van der Waals surface area contributed by atoms with Gasteiger partial charge < -0.3 is 9.84 Å². The van der Waals surface area contributed by atoms with Gasteiger partial charge in [0.15, 0.2) is 0 Å². The first kappa shape index (κ1) is 13.2. The standard InChI is InChI=1S/C17H16O2S/c1-19-14-8-7-12-4-2-5-13(15(12)11-14)10-16(18)17-6-3-9-20-17/h2-9,11,16,18H,10H2,1H3. The summed E-state index contributed by atoms with van der Waals surface area (Å²) in [6, 6.07) is 16.2. The summed E-state index contributed by atoms with van der Waals surface area (Å²) in [7, 11) is 1.67. The first-order chi connectivity index (χ1) is 9.78. The van der Waals surface area contributed by atoms with Crippen molar-refractivity contribution in [2.45, 2.75) is 12.5 Å². The second-order valence-electron chi connectivity index (χ2n) is 4.74. The van der Waals surface area contributed by atoms with Crippen molar-refractivity contribution in [2.24, 2.45) is 0 Å². The molecule has 20 heavy (non-hydrogen) atoms. The van der Waals surface area contributed by atoms with Crippen molar-refractivity contribution in [3.05, 3.63) is 64.4 Å². The van der Waals surface area contributed by atoms with E-state index in [0.29, 0.717) is 6.42 Å². The second kappa shape index (κ2) is 5.65. The molecule has 1 heterocycles. The Kier molecular flexibility index (Phi) is 3.72. The number of benzene rings is 2. The van der Waals surface area contributed by atoms with Gasteiger partial charge in [0, 0.05) is 11.3 Å². The molecule has 2 aromatic carbocycles. The van der Waals surface area contributed by atoms with Crippen LogP contribution in [0.3, 0.4) is 0 Å². The monoisotopic (exact) mass is 284 g/mol. The van der Waals surface area contributed by atoms with E-state index in [1.807, 2.05) is 35.7 Å². The SMILES string of the molecule is COc1ccc2cccc(CC(O)c3cccs3)c2c1. The summed E-state index contributed by atoms with van der Waals surface area (Å²) >= 11 is 1.59. The van der Waals surface area contributed by atoms with Crippen LogP contribution in [0.4, 0.5) is 0 Å². The van der Waals surface area contributed by atoms with Crippen LogP contribution in [0.5, 0.6) is 5.75 Å². The Morgan fingerprint density at radius 2 is 2.05 bits per heavy atom. The molecule has 0 saturated carbocycles. The van der Waals surface area contributed by atoms with E-state index in [2.05, 4.69) is 18.2 Å². The number of methoxy groups -OCH3 is 1. The van der Waals surface area contributed by atoms with Crippen molar-refractivity contribution < 1.29 is 9.84 Å². The van der Waals surface area contributed by atoms with Crippen molar-refractivity contribution in [1.29, 1.82) is 0 Å². The number of aliphatic hydroxyl groups is 1. The lowest BCUT2D eigenvalue weighted by Gasteiger charge is -2.12. The molecule has 3 heteroatoms.